The van der Waals surface area contributed by atoms with Crippen LogP contribution in [-0.4, -0.2) is 17.6 Å². The molecular formula is C15H18FNO2. The molecule has 102 valence electrons. The molecule has 0 heterocycles. The summed E-state index contributed by atoms with van der Waals surface area (Å²) in [5.41, 5.74) is 0.620. The summed E-state index contributed by atoms with van der Waals surface area (Å²) in [6.07, 6.45) is 1.29. The van der Waals surface area contributed by atoms with Crippen LogP contribution < -0.4 is 5.32 Å². The number of benzene rings is 1. The second kappa shape index (κ2) is 7.55. The van der Waals surface area contributed by atoms with Crippen LogP contribution in [0.15, 0.2) is 18.2 Å². The summed E-state index contributed by atoms with van der Waals surface area (Å²) in [5.74, 6) is 4.60. The molecule has 0 saturated heterocycles. The Labute approximate surface area is 112 Å². The Morgan fingerprint density at radius 2 is 2.26 bits per heavy atom. The van der Waals surface area contributed by atoms with Gasteiger partial charge in [-0.2, -0.15) is 0 Å². The number of rotatable bonds is 4. The van der Waals surface area contributed by atoms with E-state index in [9.17, 15) is 9.18 Å². The highest BCUT2D eigenvalue weighted by molar-refractivity contribution is 5.91. The summed E-state index contributed by atoms with van der Waals surface area (Å²) in [7, 11) is 0. The SMILES string of the molecule is CCC(C)CC(=O)Nc1ccc(C#CCO)cc1F. The highest BCUT2D eigenvalue weighted by Crippen LogP contribution is 2.16. The lowest BCUT2D eigenvalue weighted by Gasteiger charge is -2.10. The van der Waals surface area contributed by atoms with Crippen LogP contribution in [0, 0.1) is 23.6 Å². The second-order valence-corrected chi connectivity index (χ2v) is 4.42. The molecule has 1 unspecified atom stereocenters. The monoisotopic (exact) mass is 263 g/mol. The van der Waals surface area contributed by atoms with Gasteiger partial charge in [-0.1, -0.05) is 32.1 Å². The zero-order valence-electron chi connectivity index (χ0n) is 11.2. The summed E-state index contributed by atoms with van der Waals surface area (Å²) in [5, 5.41) is 11.1. The van der Waals surface area contributed by atoms with Crippen LogP contribution in [-0.2, 0) is 4.79 Å². The maximum absolute atomic E-state index is 13.7. The average molecular weight is 263 g/mol. The van der Waals surface area contributed by atoms with Crippen LogP contribution in [0.2, 0.25) is 0 Å². The van der Waals surface area contributed by atoms with Gasteiger partial charge in [0.1, 0.15) is 12.4 Å². The third-order valence-corrected chi connectivity index (χ3v) is 2.79. The van der Waals surface area contributed by atoms with Crippen molar-refractivity contribution < 1.29 is 14.3 Å². The predicted molar refractivity (Wildman–Crippen MR) is 73.1 cm³/mol. The molecule has 0 aliphatic rings. The van der Waals surface area contributed by atoms with Gasteiger partial charge in [-0.05, 0) is 24.1 Å². The molecule has 0 fully saturated rings. The summed E-state index contributed by atoms with van der Waals surface area (Å²) in [6, 6.07) is 4.32. The zero-order chi connectivity index (χ0) is 14.3. The number of hydrogen-bond donors (Lipinski definition) is 2. The first-order valence-electron chi connectivity index (χ1n) is 6.26. The number of hydrogen-bond acceptors (Lipinski definition) is 2. The van der Waals surface area contributed by atoms with E-state index in [0.717, 1.165) is 6.42 Å². The number of aliphatic hydroxyl groups excluding tert-OH is 1. The molecule has 1 rings (SSSR count). The van der Waals surface area contributed by atoms with E-state index in [1.54, 1.807) is 6.07 Å². The molecule has 1 amide bonds. The topological polar surface area (TPSA) is 49.3 Å². The van der Waals surface area contributed by atoms with Gasteiger partial charge in [-0.15, -0.1) is 0 Å². The minimum Gasteiger partial charge on any atom is -0.384 e. The lowest BCUT2D eigenvalue weighted by Crippen LogP contribution is -2.15. The first kappa shape index (κ1) is 15.2. The molecule has 0 radical (unpaired) electrons. The predicted octanol–water partition coefficient (Wildman–Crippen LogP) is 2.54. The van der Waals surface area contributed by atoms with Crippen molar-refractivity contribution in [2.24, 2.45) is 5.92 Å². The molecule has 0 aliphatic carbocycles. The Kier molecular flexibility index (Phi) is 6.04. The average Bonchev–Trinajstić information content (AvgIpc) is 2.39. The molecule has 3 nitrogen and oxygen atoms in total. The van der Waals surface area contributed by atoms with Gasteiger partial charge < -0.3 is 10.4 Å². The Balaban J connectivity index is 2.72. The van der Waals surface area contributed by atoms with Crippen molar-refractivity contribution in [3.05, 3.63) is 29.6 Å². The first-order chi connectivity index (χ1) is 9.06. The molecule has 0 aromatic heterocycles. The van der Waals surface area contributed by atoms with E-state index in [0.29, 0.717) is 12.0 Å². The van der Waals surface area contributed by atoms with Gasteiger partial charge in [-0.25, -0.2) is 4.39 Å². The number of nitrogens with one attached hydrogen (secondary N) is 1. The standard InChI is InChI=1S/C15H18FNO2/c1-3-11(2)9-15(19)17-14-7-6-12(5-4-8-18)10-13(14)16/h6-7,10-11,18H,3,8-9H2,1-2H3,(H,17,19). The number of halogens is 1. The van der Waals surface area contributed by atoms with Crippen molar-refractivity contribution in [1.82, 2.24) is 0 Å². The Morgan fingerprint density at radius 3 is 2.84 bits per heavy atom. The summed E-state index contributed by atoms with van der Waals surface area (Å²) < 4.78 is 13.7. The molecule has 19 heavy (non-hydrogen) atoms. The molecule has 1 aromatic rings. The molecule has 1 aromatic carbocycles. The summed E-state index contributed by atoms with van der Waals surface area (Å²) in [6.45, 7) is 3.71. The zero-order valence-corrected chi connectivity index (χ0v) is 11.2. The van der Waals surface area contributed by atoms with E-state index in [2.05, 4.69) is 17.2 Å². The fraction of sp³-hybridized carbons (Fsp3) is 0.400. The minimum absolute atomic E-state index is 0.155. The smallest absolute Gasteiger partial charge is 0.224 e. The molecule has 2 N–H and O–H groups in total. The Bertz CT molecular complexity index is 503. The maximum Gasteiger partial charge on any atom is 0.224 e. The van der Waals surface area contributed by atoms with Crippen LogP contribution in [0.25, 0.3) is 0 Å². The molecule has 4 heteroatoms. The van der Waals surface area contributed by atoms with E-state index in [1.807, 2.05) is 13.8 Å². The lowest BCUT2D eigenvalue weighted by atomic mass is 10.0. The first-order valence-corrected chi connectivity index (χ1v) is 6.26. The number of aliphatic hydroxyl groups is 1. The van der Waals surface area contributed by atoms with Crippen molar-refractivity contribution >= 4 is 11.6 Å². The number of carbonyl (C=O) groups is 1. The Hall–Kier alpha value is -1.86. The highest BCUT2D eigenvalue weighted by Gasteiger charge is 2.10. The van der Waals surface area contributed by atoms with E-state index < -0.39 is 5.82 Å². The normalized spacial score (nSPS) is 11.4. The number of anilines is 1. The van der Waals surface area contributed by atoms with E-state index in [1.165, 1.54) is 12.1 Å². The van der Waals surface area contributed by atoms with Gasteiger partial charge in [0.2, 0.25) is 5.91 Å². The van der Waals surface area contributed by atoms with Gasteiger partial charge >= 0.3 is 0 Å². The van der Waals surface area contributed by atoms with E-state index in [-0.39, 0.29) is 24.1 Å². The van der Waals surface area contributed by atoms with Crippen molar-refractivity contribution in [2.45, 2.75) is 26.7 Å². The molecule has 0 saturated carbocycles. The third-order valence-electron chi connectivity index (χ3n) is 2.79. The van der Waals surface area contributed by atoms with Crippen LogP contribution in [0.3, 0.4) is 0 Å². The van der Waals surface area contributed by atoms with Gasteiger partial charge in [0.25, 0.3) is 0 Å². The van der Waals surface area contributed by atoms with Gasteiger partial charge in [0.15, 0.2) is 0 Å². The largest absolute Gasteiger partial charge is 0.384 e. The van der Waals surface area contributed by atoms with Crippen LogP contribution >= 0.6 is 0 Å². The molecule has 0 bridgehead atoms. The molecule has 0 aliphatic heterocycles. The molecule has 0 spiro atoms. The Morgan fingerprint density at radius 1 is 1.53 bits per heavy atom. The van der Waals surface area contributed by atoms with Crippen LogP contribution in [0.1, 0.15) is 32.3 Å². The molecule has 1 atom stereocenters. The highest BCUT2D eigenvalue weighted by atomic mass is 19.1. The third kappa shape index (κ3) is 5.11. The van der Waals surface area contributed by atoms with Crippen LogP contribution in [0.4, 0.5) is 10.1 Å². The number of amides is 1. The quantitative estimate of drug-likeness (QED) is 0.820. The van der Waals surface area contributed by atoms with Gasteiger partial charge in [-0.3, -0.25) is 4.79 Å². The lowest BCUT2D eigenvalue weighted by molar-refractivity contribution is -0.117. The fourth-order valence-electron chi connectivity index (χ4n) is 1.50. The van der Waals surface area contributed by atoms with Crippen molar-refractivity contribution in [2.75, 3.05) is 11.9 Å². The van der Waals surface area contributed by atoms with E-state index in [4.69, 9.17) is 5.11 Å². The van der Waals surface area contributed by atoms with Crippen molar-refractivity contribution in [3.8, 4) is 11.8 Å². The van der Waals surface area contributed by atoms with Gasteiger partial charge in [0.05, 0.1) is 5.69 Å². The van der Waals surface area contributed by atoms with Gasteiger partial charge in [0, 0.05) is 12.0 Å². The van der Waals surface area contributed by atoms with Crippen molar-refractivity contribution in [1.29, 1.82) is 0 Å². The fourth-order valence-corrected chi connectivity index (χ4v) is 1.50. The minimum atomic E-state index is -0.526. The summed E-state index contributed by atoms with van der Waals surface area (Å²) in [4.78, 5) is 11.7. The molecular weight excluding hydrogens is 245 g/mol. The second-order valence-electron chi connectivity index (χ2n) is 4.42. The summed E-state index contributed by atoms with van der Waals surface area (Å²) >= 11 is 0. The van der Waals surface area contributed by atoms with Crippen molar-refractivity contribution in [3.63, 3.8) is 0 Å². The van der Waals surface area contributed by atoms with Crippen LogP contribution in [0.5, 0.6) is 0 Å². The van der Waals surface area contributed by atoms with E-state index >= 15 is 0 Å². The number of carbonyl (C=O) groups excluding carboxylic acids is 1. The maximum atomic E-state index is 13.7.